The van der Waals surface area contributed by atoms with Crippen molar-refractivity contribution in [3.05, 3.63) is 48.0 Å². The Morgan fingerprint density at radius 1 is 0.953 bits per heavy atom. The van der Waals surface area contributed by atoms with Gasteiger partial charge in [0.2, 0.25) is 23.6 Å². The zero-order valence-corrected chi connectivity index (χ0v) is 25.6. The first-order chi connectivity index (χ1) is 20.4. The largest absolute Gasteiger partial charge is 0.497 e. The van der Waals surface area contributed by atoms with Gasteiger partial charge in [0.05, 0.1) is 26.2 Å². The summed E-state index contributed by atoms with van der Waals surface area (Å²) in [5.41, 5.74) is 0.937. The smallest absolute Gasteiger partial charge is 0.272 e. The van der Waals surface area contributed by atoms with Crippen LogP contribution in [0.15, 0.2) is 36.8 Å². The van der Waals surface area contributed by atoms with Crippen LogP contribution in [0.25, 0.3) is 0 Å². The molecule has 3 rings (SSSR count). The monoisotopic (exact) mass is 597 g/mol. The van der Waals surface area contributed by atoms with Gasteiger partial charge in [-0.05, 0) is 42.9 Å². The fraction of sp³-hybridized carbons (Fsp3) is 0.533. The standard InChI is InChI=1S/C30H43N7O6/c1-17(2)11-22-29(41)35-23(12-20-7-9-21(43-6)10-8-20)28(40)33-19(5)27(39)36-25(18(3)4)14-37(15-26(38)34-22)30(42)24-13-31-16-32-24/h7-10,13,16-19,22-23,25H,11-12,14-15H2,1-6H3,(H,31,32)(H,33,40)(H,34,38)(H,35,41)(H,36,39)/t19-,22+,23+,25-/m1/s1. The van der Waals surface area contributed by atoms with E-state index in [-0.39, 0.29) is 37.0 Å². The molecule has 5 N–H and O–H groups in total. The molecule has 1 aromatic carbocycles. The number of ether oxygens (including phenoxy) is 1. The van der Waals surface area contributed by atoms with E-state index in [9.17, 15) is 24.0 Å². The van der Waals surface area contributed by atoms with Gasteiger partial charge < -0.3 is 35.9 Å². The second-order valence-electron chi connectivity index (χ2n) is 11.6. The average molecular weight is 598 g/mol. The van der Waals surface area contributed by atoms with Gasteiger partial charge in [-0.15, -0.1) is 0 Å². The van der Waals surface area contributed by atoms with Gasteiger partial charge in [0.15, 0.2) is 0 Å². The number of amides is 5. The Morgan fingerprint density at radius 3 is 2.21 bits per heavy atom. The van der Waals surface area contributed by atoms with Crippen LogP contribution in [0.1, 0.15) is 57.1 Å². The fourth-order valence-corrected chi connectivity index (χ4v) is 4.71. The average Bonchev–Trinajstić information content (AvgIpc) is 3.49. The molecule has 2 aromatic rings. The summed E-state index contributed by atoms with van der Waals surface area (Å²) in [6, 6.07) is 3.59. The number of methoxy groups -OCH3 is 1. The number of imidazole rings is 1. The second kappa shape index (κ2) is 15.2. The van der Waals surface area contributed by atoms with E-state index in [1.165, 1.54) is 17.4 Å². The maximum absolute atomic E-state index is 13.6. The number of aromatic amines is 1. The number of nitrogens with one attached hydrogen (secondary N) is 5. The van der Waals surface area contributed by atoms with Crippen LogP contribution in [0.3, 0.4) is 0 Å². The molecule has 0 unspecified atom stereocenters. The molecule has 1 fully saturated rings. The van der Waals surface area contributed by atoms with E-state index in [2.05, 4.69) is 31.2 Å². The van der Waals surface area contributed by atoms with E-state index in [0.29, 0.717) is 12.2 Å². The number of hydrogen-bond donors (Lipinski definition) is 5. The molecule has 13 heteroatoms. The summed E-state index contributed by atoms with van der Waals surface area (Å²) < 4.78 is 5.21. The van der Waals surface area contributed by atoms with Gasteiger partial charge in [0.25, 0.3) is 5.91 Å². The van der Waals surface area contributed by atoms with Crippen molar-refractivity contribution in [3.63, 3.8) is 0 Å². The van der Waals surface area contributed by atoms with E-state index in [1.807, 2.05) is 27.7 Å². The number of rotatable bonds is 7. The van der Waals surface area contributed by atoms with Gasteiger partial charge in [0.1, 0.15) is 29.6 Å². The molecule has 0 saturated carbocycles. The number of hydrogen-bond acceptors (Lipinski definition) is 7. The lowest BCUT2D eigenvalue weighted by atomic mass is 10.0. The number of aromatic nitrogens is 2. The van der Waals surface area contributed by atoms with E-state index in [1.54, 1.807) is 38.3 Å². The van der Waals surface area contributed by atoms with E-state index < -0.39 is 53.7 Å². The van der Waals surface area contributed by atoms with Crippen molar-refractivity contribution in [2.45, 2.75) is 71.6 Å². The lowest BCUT2D eigenvalue weighted by Crippen LogP contribution is -2.57. The van der Waals surface area contributed by atoms with Crippen molar-refractivity contribution in [1.29, 1.82) is 0 Å². The molecule has 2 heterocycles. The first-order valence-electron chi connectivity index (χ1n) is 14.5. The molecular formula is C30H43N7O6. The van der Waals surface area contributed by atoms with E-state index >= 15 is 0 Å². The SMILES string of the molecule is COc1ccc(C[C@@H]2NC(=O)[C@H](CC(C)C)NC(=O)CN(C(=O)c3cnc[nH]3)C[C@H](C(C)C)NC(=O)[C@@H](C)NC2=O)cc1. The molecule has 1 aromatic heterocycles. The van der Waals surface area contributed by atoms with Crippen molar-refractivity contribution in [2.75, 3.05) is 20.2 Å². The van der Waals surface area contributed by atoms with E-state index in [0.717, 1.165) is 5.56 Å². The number of nitrogens with zero attached hydrogens (tertiary/aromatic N) is 2. The minimum atomic E-state index is -1.04. The highest BCUT2D eigenvalue weighted by molar-refractivity contribution is 5.97. The molecular weight excluding hydrogens is 554 g/mol. The summed E-state index contributed by atoms with van der Waals surface area (Å²) in [4.78, 5) is 75.0. The maximum Gasteiger partial charge on any atom is 0.272 e. The number of benzene rings is 1. The molecule has 0 bridgehead atoms. The topological polar surface area (TPSA) is 175 Å². The molecule has 0 aliphatic carbocycles. The molecule has 234 valence electrons. The summed E-state index contributed by atoms with van der Waals surface area (Å²) >= 11 is 0. The normalized spacial score (nSPS) is 22.7. The van der Waals surface area contributed by atoms with Gasteiger partial charge in [-0.3, -0.25) is 24.0 Å². The zero-order valence-electron chi connectivity index (χ0n) is 25.6. The van der Waals surface area contributed by atoms with Gasteiger partial charge in [-0.1, -0.05) is 39.8 Å². The highest BCUT2D eigenvalue weighted by Crippen LogP contribution is 2.14. The Morgan fingerprint density at radius 2 is 1.63 bits per heavy atom. The Hall–Kier alpha value is -4.42. The highest BCUT2D eigenvalue weighted by atomic mass is 16.5. The third kappa shape index (κ3) is 9.55. The number of carbonyl (C=O) groups excluding carboxylic acids is 5. The lowest BCUT2D eigenvalue weighted by Gasteiger charge is -2.31. The predicted octanol–water partition coefficient (Wildman–Crippen LogP) is 0.778. The Bertz CT molecular complexity index is 1260. The van der Waals surface area contributed by atoms with Crippen LogP contribution < -0.4 is 26.0 Å². The number of H-pyrrole nitrogens is 1. The Kier molecular flexibility index (Phi) is 11.7. The van der Waals surface area contributed by atoms with Gasteiger partial charge in [-0.2, -0.15) is 0 Å². The van der Waals surface area contributed by atoms with Crippen molar-refractivity contribution in [3.8, 4) is 5.75 Å². The molecule has 1 aliphatic heterocycles. The summed E-state index contributed by atoms with van der Waals surface area (Å²) in [7, 11) is 1.55. The quantitative estimate of drug-likeness (QED) is 0.313. The van der Waals surface area contributed by atoms with Crippen LogP contribution in [0.2, 0.25) is 0 Å². The lowest BCUT2D eigenvalue weighted by molar-refractivity contribution is -0.133. The van der Waals surface area contributed by atoms with E-state index in [4.69, 9.17) is 4.74 Å². The van der Waals surface area contributed by atoms with Crippen LogP contribution in [-0.2, 0) is 25.6 Å². The highest BCUT2D eigenvalue weighted by Gasteiger charge is 2.33. The molecule has 1 saturated heterocycles. The number of carbonyl (C=O) groups is 5. The molecule has 43 heavy (non-hydrogen) atoms. The van der Waals surface area contributed by atoms with Crippen LogP contribution in [0, 0.1) is 11.8 Å². The summed E-state index contributed by atoms with van der Waals surface area (Å²) in [6.45, 7) is 8.79. The van der Waals surface area contributed by atoms with Gasteiger partial charge in [0, 0.05) is 19.0 Å². The second-order valence-corrected chi connectivity index (χ2v) is 11.6. The first kappa shape index (κ1) is 33.1. The molecule has 4 atom stereocenters. The third-order valence-electron chi connectivity index (χ3n) is 7.24. The summed E-state index contributed by atoms with van der Waals surface area (Å²) in [6.07, 6.45) is 3.15. The van der Waals surface area contributed by atoms with Crippen molar-refractivity contribution >= 4 is 29.5 Å². The van der Waals surface area contributed by atoms with Crippen LogP contribution >= 0.6 is 0 Å². The summed E-state index contributed by atoms with van der Waals surface area (Å²) in [5.74, 6) is -2.05. The molecule has 0 spiro atoms. The van der Waals surface area contributed by atoms with Crippen molar-refractivity contribution in [1.82, 2.24) is 36.1 Å². The van der Waals surface area contributed by atoms with Crippen LogP contribution in [0.5, 0.6) is 5.75 Å². The molecule has 5 amide bonds. The van der Waals surface area contributed by atoms with Crippen LogP contribution in [0.4, 0.5) is 0 Å². The van der Waals surface area contributed by atoms with Crippen molar-refractivity contribution < 1.29 is 28.7 Å². The fourth-order valence-electron chi connectivity index (χ4n) is 4.71. The third-order valence-corrected chi connectivity index (χ3v) is 7.24. The van der Waals surface area contributed by atoms with Crippen LogP contribution in [-0.4, -0.2) is 88.8 Å². The Balaban J connectivity index is 1.97. The van der Waals surface area contributed by atoms with Gasteiger partial charge >= 0.3 is 0 Å². The van der Waals surface area contributed by atoms with Gasteiger partial charge in [-0.25, -0.2) is 4.98 Å². The Labute approximate surface area is 251 Å². The predicted molar refractivity (Wildman–Crippen MR) is 159 cm³/mol. The minimum Gasteiger partial charge on any atom is -0.497 e. The molecule has 0 radical (unpaired) electrons. The first-order valence-corrected chi connectivity index (χ1v) is 14.5. The molecule has 1 aliphatic rings. The van der Waals surface area contributed by atoms with Crippen molar-refractivity contribution in [2.24, 2.45) is 11.8 Å². The molecule has 13 nitrogen and oxygen atoms in total. The maximum atomic E-state index is 13.6. The summed E-state index contributed by atoms with van der Waals surface area (Å²) in [5, 5.41) is 11.2. The zero-order chi connectivity index (χ0) is 31.7. The minimum absolute atomic E-state index is 0.0104.